The van der Waals surface area contributed by atoms with Crippen LogP contribution >= 0.6 is 0 Å². The number of hydrogen-bond acceptors (Lipinski definition) is 2. The van der Waals surface area contributed by atoms with Crippen molar-refractivity contribution >= 4 is 5.78 Å². The van der Waals surface area contributed by atoms with E-state index in [2.05, 4.69) is 9.97 Å². The lowest BCUT2D eigenvalue weighted by atomic mass is 10.3. The number of nitrogens with zero attached hydrogens (tertiary/aromatic N) is 1. The molecule has 0 bridgehead atoms. The smallest absolute Gasteiger partial charge is 0.342 e. The second-order valence-corrected chi connectivity index (χ2v) is 2.15. The van der Waals surface area contributed by atoms with E-state index in [1.165, 1.54) is 12.4 Å². The summed E-state index contributed by atoms with van der Waals surface area (Å²) in [6, 6.07) is 0. The molecule has 66 valence electrons. The molecule has 0 fully saturated rings. The van der Waals surface area contributed by atoms with Gasteiger partial charge in [0.05, 0.1) is 0 Å². The van der Waals surface area contributed by atoms with Gasteiger partial charge in [-0.15, -0.1) is 0 Å². The van der Waals surface area contributed by atoms with Crippen LogP contribution in [-0.4, -0.2) is 21.9 Å². The standard InChI is InChI=1S/C6H5F3N2O/c7-6(8,9)3-4(12)5-10-1-2-11-5/h1-2H,3H2,(H,10,11). The van der Waals surface area contributed by atoms with Crippen molar-refractivity contribution in [2.75, 3.05) is 0 Å². The maximum absolute atomic E-state index is 11.6. The molecule has 0 aliphatic rings. The topological polar surface area (TPSA) is 45.8 Å². The van der Waals surface area contributed by atoms with Crippen LogP contribution in [0.5, 0.6) is 0 Å². The first-order valence-corrected chi connectivity index (χ1v) is 3.08. The highest BCUT2D eigenvalue weighted by Gasteiger charge is 2.32. The van der Waals surface area contributed by atoms with Gasteiger partial charge in [0.1, 0.15) is 6.42 Å². The first kappa shape index (κ1) is 8.76. The minimum Gasteiger partial charge on any atom is -0.342 e. The number of imidazole rings is 1. The van der Waals surface area contributed by atoms with E-state index in [1.54, 1.807) is 0 Å². The Labute approximate surface area is 65.6 Å². The van der Waals surface area contributed by atoms with Crippen molar-refractivity contribution in [2.45, 2.75) is 12.6 Å². The number of nitrogens with one attached hydrogen (secondary N) is 1. The lowest BCUT2D eigenvalue weighted by Crippen LogP contribution is -2.15. The molecule has 0 atom stereocenters. The van der Waals surface area contributed by atoms with E-state index in [9.17, 15) is 18.0 Å². The molecule has 1 N–H and O–H groups in total. The minimum atomic E-state index is -4.47. The van der Waals surface area contributed by atoms with Crippen LogP contribution in [0.25, 0.3) is 0 Å². The Hall–Kier alpha value is -1.33. The fraction of sp³-hybridized carbons (Fsp3) is 0.333. The summed E-state index contributed by atoms with van der Waals surface area (Å²) >= 11 is 0. The molecule has 6 heteroatoms. The zero-order valence-corrected chi connectivity index (χ0v) is 5.85. The highest BCUT2D eigenvalue weighted by molar-refractivity contribution is 5.92. The van der Waals surface area contributed by atoms with Gasteiger partial charge in [-0.25, -0.2) is 4.98 Å². The third-order valence-electron chi connectivity index (χ3n) is 1.12. The molecule has 0 spiro atoms. The molecule has 1 rings (SSSR count). The normalized spacial score (nSPS) is 11.6. The fourth-order valence-electron chi connectivity index (χ4n) is 0.684. The van der Waals surface area contributed by atoms with Gasteiger partial charge < -0.3 is 4.98 Å². The van der Waals surface area contributed by atoms with Gasteiger partial charge in [-0.05, 0) is 0 Å². The van der Waals surface area contributed by atoms with Crippen molar-refractivity contribution in [1.29, 1.82) is 0 Å². The summed E-state index contributed by atoms with van der Waals surface area (Å²) in [6.45, 7) is 0. The quantitative estimate of drug-likeness (QED) is 0.698. The Morgan fingerprint density at radius 3 is 2.67 bits per heavy atom. The van der Waals surface area contributed by atoms with E-state index >= 15 is 0 Å². The molecule has 3 nitrogen and oxygen atoms in total. The van der Waals surface area contributed by atoms with Crippen LogP contribution in [0.1, 0.15) is 17.0 Å². The zero-order chi connectivity index (χ0) is 9.19. The molecule has 12 heavy (non-hydrogen) atoms. The second kappa shape index (κ2) is 2.96. The molecular formula is C6H5F3N2O. The minimum absolute atomic E-state index is 0.257. The average Bonchev–Trinajstić information content (AvgIpc) is 2.32. The predicted octanol–water partition coefficient (Wildman–Crippen LogP) is 1.54. The molecule has 0 unspecified atom stereocenters. The molecule has 0 saturated carbocycles. The molecule has 0 aliphatic carbocycles. The summed E-state index contributed by atoms with van der Waals surface area (Å²) in [4.78, 5) is 16.4. The largest absolute Gasteiger partial charge is 0.396 e. The van der Waals surface area contributed by atoms with Gasteiger partial charge in [0.25, 0.3) is 0 Å². The number of carbonyl (C=O) groups excluding carboxylic acids is 1. The monoisotopic (exact) mass is 178 g/mol. The van der Waals surface area contributed by atoms with E-state index in [1.807, 2.05) is 0 Å². The van der Waals surface area contributed by atoms with Crippen LogP contribution in [0, 0.1) is 0 Å². The first-order valence-electron chi connectivity index (χ1n) is 3.08. The number of ketones is 1. The average molecular weight is 178 g/mol. The van der Waals surface area contributed by atoms with E-state index in [-0.39, 0.29) is 5.82 Å². The van der Waals surface area contributed by atoms with Crippen LogP contribution in [0.2, 0.25) is 0 Å². The molecule has 0 aliphatic heterocycles. The van der Waals surface area contributed by atoms with Crippen LogP contribution in [0.4, 0.5) is 13.2 Å². The van der Waals surface area contributed by atoms with Crippen molar-refractivity contribution < 1.29 is 18.0 Å². The molecule has 0 amide bonds. The summed E-state index contributed by atoms with van der Waals surface area (Å²) in [5, 5.41) is 0. The van der Waals surface area contributed by atoms with Gasteiger partial charge in [0.15, 0.2) is 5.82 Å². The Morgan fingerprint density at radius 1 is 1.58 bits per heavy atom. The van der Waals surface area contributed by atoms with Crippen LogP contribution in [0.3, 0.4) is 0 Å². The second-order valence-electron chi connectivity index (χ2n) is 2.15. The van der Waals surface area contributed by atoms with Gasteiger partial charge >= 0.3 is 6.18 Å². The Bertz CT molecular complexity index is 265. The number of carbonyl (C=O) groups is 1. The van der Waals surface area contributed by atoms with E-state index < -0.39 is 18.4 Å². The fourth-order valence-corrected chi connectivity index (χ4v) is 0.684. The van der Waals surface area contributed by atoms with Crippen molar-refractivity contribution in [3.05, 3.63) is 18.2 Å². The third kappa shape index (κ3) is 2.37. The SMILES string of the molecule is O=C(CC(F)(F)F)c1ncc[nH]1. The number of hydrogen-bond donors (Lipinski definition) is 1. The summed E-state index contributed by atoms with van der Waals surface area (Å²) in [7, 11) is 0. The van der Waals surface area contributed by atoms with Gasteiger partial charge in [-0.2, -0.15) is 13.2 Å². The number of halogens is 3. The Balaban J connectivity index is 2.63. The molecule has 1 aromatic heterocycles. The molecule has 0 saturated heterocycles. The summed E-state index contributed by atoms with van der Waals surface area (Å²) < 4.78 is 34.9. The number of H-pyrrole nitrogens is 1. The Kier molecular flexibility index (Phi) is 2.16. The van der Waals surface area contributed by atoms with Crippen LogP contribution in [-0.2, 0) is 0 Å². The number of aromatic amines is 1. The van der Waals surface area contributed by atoms with E-state index in [0.717, 1.165) is 0 Å². The molecule has 1 heterocycles. The highest BCUT2D eigenvalue weighted by Crippen LogP contribution is 2.20. The highest BCUT2D eigenvalue weighted by atomic mass is 19.4. The van der Waals surface area contributed by atoms with Crippen LogP contribution in [0.15, 0.2) is 12.4 Å². The maximum Gasteiger partial charge on any atom is 0.396 e. The van der Waals surface area contributed by atoms with E-state index in [0.29, 0.717) is 0 Å². The van der Waals surface area contributed by atoms with Crippen LogP contribution < -0.4 is 0 Å². The number of alkyl halides is 3. The zero-order valence-electron chi connectivity index (χ0n) is 5.85. The number of rotatable bonds is 2. The summed E-state index contributed by atoms with van der Waals surface area (Å²) in [6.07, 6.45) is -3.42. The van der Waals surface area contributed by atoms with Crippen molar-refractivity contribution in [3.63, 3.8) is 0 Å². The van der Waals surface area contributed by atoms with Crippen molar-refractivity contribution in [1.82, 2.24) is 9.97 Å². The Morgan fingerprint density at radius 2 is 2.25 bits per heavy atom. The van der Waals surface area contributed by atoms with E-state index in [4.69, 9.17) is 0 Å². The van der Waals surface area contributed by atoms with Crippen molar-refractivity contribution in [2.24, 2.45) is 0 Å². The lowest BCUT2D eigenvalue weighted by Gasteiger charge is -2.02. The molecule has 0 radical (unpaired) electrons. The summed E-state index contributed by atoms with van der Waals surface area (Å²) in [5.74, 6) is -1.31. The number of Topliss-reactive ketones (excluding diaryl/α,β-unsaturated/α-hetero) is 1. The van der Waals surface area contributed by atoms with Gasteiger partial charge in [-0.1, -0.05) is 0 Å². The van der Waals surface area contributed by atoms with Gasteiger partial charge in [0.2, 0.25) is 5.78 Å². The van der Waals surface area contributed by atoms with Crippen molar-refractivity contribution in [3.8, 4) is 0 Å². The molecular weight excluding hydrogens is 173 g/mol. The molecule has 0 aromatic carbocycles. The van der Waals surface area contributed by atoms with Gasteiger partial charge in [-0.3, -0.25) is 4.79 Å². The predicted molar refractivity (Wildman–Crippen MR) is 33.6 cm³/mol. The third-order valence-corrected chi connectivity index (χ3v) is 1.12. The first-order chi connectivity index (χ1) is 5.49. The summed E-state index contributed by atoms with van der Waals surface area (Å²) in [5.41, 5.74) is 0. The van der Waals surface area contributed by atoms with Gasteiger partial charge in [0, 0.05) is 12.4 Å². The number of aromatic nitrogens is 2. The maximum atomic E-state index is 11.6. The molecule has 1 aromatic rings. The lowest BCUT2D eigenvalue weighted by molar-refractivity contribution is -0.125.